The fourth-order valence-electron chi connectivity index (χ4n) is 4.00. The molecule has 33 heavy (non-hydrogen) atoms. The van der Waals surface area contributed by atoms with Crippen LogP contribution in [-0.2, 0) is 32.2 Å². The molecule has 0 unspecified atom stereocenters. The summed E-state index contributed by atoms with van der Waals surface area (Å²) in [6.07, 6.45) is 0.531. The number of ether oxygens (including phenoxy) is 3. The topological polar surface area (TPSA) is 68.3 Å². The largest absolute Gasteiger partial charge is 0.445 e. The van der Waals surface area contributed by atoms with Crippen LogP contribution >= 0.6 is 0 Å². The second-order valence-electron chi connectivity index (χ2n) is 8.31. The van der Waals surface area contributed by atoms with Gasteiger partial charge in [-0.1, -0.05) is 60.7 Å². The smallest absolute Gasteiger partial charge is 0.410 e. The second-order valence-corrected chi connectivity index (χ2v) is 8.31. The molecule has 0 radical (unpaired) electrons. The summed E-state index contributed by atoms with van der Waals surface area (Å²) < 4.78 is 16.7. The molecular weight excluding hydrogens is 420 g/mol. The van der Waals surface area contributed by atoms with E-state index in [1.54, 1.807) is 12.0 Å². The van der Waals surface area contributed by atoms with Gasteiger partial charge in [-0.05, 0) is 24.5 Å². The maximum atomic E-state index is 12.9. The Kier molecular flexibility index (Phi) is 9.72. The maximum absolute atomic E-state index is 12.9. The molecule has 1 aliphatic rings. The lowest BCUT2D eigenvalue weighted by Crippen LogP contribution is -2.48. The van der Waals surface area contributed by atoms with Gasteiger partial charge in [-0.3, -0.25) is 4.79 Å². The summed E-state index contributed by atoms with van der Waals surface area (Å²) in [6.45, 7) is 4.42. The van der Waals surface area contributed by atoms with Crippen LogP contribution in [0.2, 0.25) is 0 Å². The highest BCUT2D eigenvalue weighted by Gasteiger charge is 2.33. The molecule has 1 saturated heterocycles. The quantitative estimate of drug-likeness (QED) is 0.510. The Labute approximate surface area is 196 Å². The Hall–Kier alpha value is -2.90. The third-order valence-electron chi connectivity index (χ3n) is 5.83. The Morgan fingerprint density at radius 2 is 1.67 bits per heavy atom. The van der Waals surface area contributed by atoms with Crippen molar-refractivity contribution in [1.29, 1.82) is 0 Å². The average molecular weight is 455 g/mol. The number of nitrogens with zero attached hydrogens (tertiary/aromatic N) is 2. The van der Waals surface area contributed by atoms with E-state index in [4.69, 9.17) is 14.2 Å². The number of carbonyl (C=O) groups is 2. The SMILES string of the molecule is COC[C@H](CCOCc1ccccc1)N1C[C@@H](C)N(C(=O)OCc2ccccc2)CCC1=O. The van der Waals surface area contributed by atoms with E-state index < -0.39 is 6.09 Å². The molecule has 0 aromatic heterocycles. The molecule has 1 fully saturated rings. The third kappa shape index (κ3) is 7.58. The van der Waals surface area contributed by atoms with Crippen LogP contribution in [0.15, 0.2) is 60.7 Å². The van der Waals surface area contributed by atoms with E-state index in [1.165, 1.54) is 0 Å². The lowest BCUT2D eigenvalue weighted by molar-refractivity contribution is -0.134. The highest BCUT2D eigenvalue weighted by Crippen LogP contribution is 2.18. The van der Waals surface area contributed by atoms with Crippen LogP contribution in [0.5, 0.6) is 0 Å². The minimum absolute atomic E-state index is 0.0188. The Morgan fingerprint density at radius 1 is 1.03 bits per heavy atom. The van der Waals surface area contributed by atoms with E-state index >= 15 is 0 Å². The van der Waals surface area contributed by atoms with Crippen LogP contribution in [0.1, 0.15) is 30.9 Å². The molecule has 1 aliphatic heterocycles. The van der Waals surface area contributed by atoms with Gasteiger partial charge >= 0.3 is 6.09 Å². The van der Waals surface area contributed by atoms with E-state index in [2.05, 4.69) is 0 Å². The van der Waals surface area contributed by atoms with Crippen LogP contribution in [-0.4, -0.2) is 67.3 Å². The Balaban J connectivity index is 1.53. The van der Waals surface area contributed by atoms with E-state index in [9.17, 15) is 9.59 Å². The molecule has 3 rings (SSSR count). The number of hydrogen-bond donors (Lipinski definition) is 0. The summed E-state index contributed by atoms with van der Waals surface area (Å²) >= 11 is 0. The van der Waals surface area contributed by atoms with Crippen molar-refractivity contribution in [2.24, 2.45) is 0 Å². The van der Waals surface area contributed by atoms with Crippen molar-refractivity contribution >= 4 is 12.0 Å². The summed E-state index contributed by atoms with van der Waals surface area (Å²) in [4.78, 5) is 29.1. The predicted molar refractivity (Wildman–Crippen MR) is 126 cm³/mol. The van der Waals surface area contributed by atoms with Gasteiger partial charge < -0.3 is 24.0 Å². The summed E-state index contributed by atoms with van der Waals surface area (Å²) in [5.41, 5.74) is 2.05. The fraction of sp³-hybridized carbons (Fsp3) is 0.462. The second kappa shape index (κ2) is 13.0. The number of carbonyl (C=O) groups excluding carboxylic acids is 2. The predicted octanol–water partition coefficient (Wildman–Crippen LogP) is 3.87. The van der Waals surface area contributed by atoms with Crippen molar-refractivity contribution < 1.29 is 23.8 Å². The van der Waals surface area contributed by atoms with Crippen molar-refractivity contribution in [3.63, 3.8) is 0 Å². The first kappa shape index (κ1) is 24.7. The maximum Gasteiger partial charge on any atom is 0.410 e. The lowest BCUT2D eigenvalue weighted by atomic mass is 10.1. The van der Waals surface area contributed by atoms with Crippen LogP contribution in [0.25, 0.3) is 0 Å². The molecule has 1 heterocycles. The van der Waals surface area contributed by atoms with Gasteiger partial charge in [0.2, 0.25) is 5.91 Å². The van der Waals surface area contributed by atoms with Gasteiger partial charge in [0.05, 0.1) is 19.3 Å². The normalized spacial score (nSPS) is 17.5. The molecule has 2 aromatic rings. The molecule has 7 heteroatoms. The minimum Gasteiger partial charge on any atom is -0.445 e. The van der Waals surface area contributed by atoms with Gasteiger partial charge in [0.25, 0.3) is 0 Å². The summed E-state index contributed by atoms with van der Waals surface area (Å²) in [7, 11) is 1.64. The first-order chi connectivity index (χ1) is 16.1. The molecule has 0 N–H and O–H groups in total. The summed E-state index contributed by atoms with van der Waals surface area (Å²) in [5.74, 6) is 0.0188. The molecule has 7 nitrogen and oxygen atoms in total. The highest BCUT2D eigenvalue weighted by molar-refractivity contribution is 5.78. The van der Waals surface area contributed by atoms with Crippen molar-refractivity contribution in [2.45, 2.75) is 45.1 Å². The first-order valence-electron chi connectivity index (χ1n) is 11.5. The molecule has 0 spiro atoms. The van der Waals surface area contributed by atoms with Crippen molar-refractivity contribution in [3.8, 4) is 0 Å². The zero-order valence-corrected chi connectivity index (χ0v) is 19.5. The lowest BCUT2D eigenvalue weighted by Gasteiger charge is -2.33. The molecule has 2 amide bonds. The molecular formula is C26H34N2O5. The monoisotopic (exact) mass is 454 g/mol. The summed E-state index contributed by atoms with van der Waals surface area (Å²) in [5, 5.41) is 0. The molecule has 0 saturated carbocycles. The van der Waals surface area contributed by atoms with Crippen LogP contribution in [0, 0.1) is 0 Å². The molecule has 178 valence electrons. The zero-order chi connectivity index (χ0) is 23.5. The molecule has 2 aromatic carbocycles. The standard InChI is InChI=1S/C26H34N2O5/c1-21-17-28(24(20-31-2)14-16-32-18-22-9-5-3-6-10-22)25(29)13-15-27(21)26(30)33-19-23-11-7-4-8-12-23/h3-12,21,24H,13-20H2,1-2H3/t21-,24+/m1/s1. The first-order valence-corrected chi connectivity index (χ1v) is 11.5. The van der Waals surface area contributed by atoms with E-state index in [0.29, 0.717) is 39.3 Å². The van der Waals surface area contributed by atoms with Crippen molar-refractivity contribution in [2.75, 3.05) is 33.4 Å². The molecule has 2 atom stereocenters. The Morgan fingerprint density at radius 3 is 2.30 bits per heavy atom. The number of methoxy groups -OCH3 is 1. The third-order valence-corrected chi connectivity index (χ3v) is 5.83. The van der Waals surface area contributed by atoms with Gasteiger partial charge in [-0.15, -0.1) is 0 Å². The minimum atomic E-state index is -0.393. The highest BCUT2D eigenvalue weighted by atomic mass is 16.6. The number of amides is 2. The van der Waals surface area contributed by atoms with Gasteiger partial charge in [0, 0.05) is 39.3 Å². The van der Waals surface area contributed by atoms with Gasteiger partial charge in [0.15, 0.2) is 0 Å². The van der Waals surface area contributed by atoms with Crippen LogP contribution < -0.4 is 0 Å². The zero-order valence-electron chi connectivity index (χ0n) is 19.5. The number of rotatable bonds is 10. The van der Waals surface area contributed by atoms with E-state index in [-0.39, 0.29) is 31.0 Å². The van der Waals surface area contributed by atoms with Crippen LogP contribution in [0.4, 0.5) is 4.79 Å². The number of hydrogen-bond acceptors (Lipinski definition) is 5. The van der Waals surface area contributed by atoms with E-state index in [1.807, 2.05) is 72.5 Å². The molecule has 0 bridgehead atoms. The van der Waals surface area contributed by atoms with Gasteiger partial charge in [-0.2, -0.15) is 0 Å². The van der Waals surface area contributed by atoms with E-state index in [0.717, 1.165) is 11.1 Å². The van der Waals surface area contributed by atoms with Gasteiger partial charge in [0.1, 0.15) is 6.61 Å². The van der Waals surface area contributed by atoms with Crippen molar-refractivity contribution in [1.82, 2.24) is 9.80 Å². The number of benzene rings is 2. The van der Waals surface area contributed by atoms with Crippen molar-refractivity contribution in [3.05, 3.63) is 71.8 Å². The summed E-state index contributed by atoms with van der Waals surface area (Å²) in [6, 6.07) is 19.3. The van der Waals surface area contributed by atoms with Gasteiger partial charge in [-0.25, -0.2) is 4.79 Å². The molecule has 0 aliphatic carbocycles. The average Bonchev–Trinajstić information content (AvgIpc) is 2.99. The van der Waals surface area contributed by atoms with Crippen LogP contribution in [0.3, 0.4) is 0 Å². The Bertz CT molecular complexity index is 862. The fourth-order valence-corrected chi connectivity index (χ4v) is 4.00.